The van der Waals surface area contributed by atoms with Gasteiger partial charge in [0.2, 0.25) is 0 Å². The third-order valence-electron chi connectivity index (χ3n) is 13.0. The Balaban J connectivity index is 0.989. The van der Waals surface area contributed by atoms with Gasteiger partial charge in [-0.15, -0.1) is 0 Å². The van der Waals surface area contributed by atoms with Crippen molar-refractivity contribution in [3.05, 3.63) is 267 Å². The first-order valence-corrected chi connectivity index (χ1v) is 22.9. The minimum atomic E-state index is 0.940. The molecular weight excluding hydrogens is 809 g/mol. The van der Waals surface area contributed by atoms with Crippen molar-refractivity contribution in [3.63, 3.8) is 0 Å². The van der Waals surface area contributed by atoms with Gasteiger partial charge < -0.3 is 4.57 Å². The van der Waals surface area contributed by atoms with Crippen LogP contribution in [0.25, 0.3) is 117 Å². The van der Waals surface area contributed by atoms with E-state index in [-0.39, 0.29) is 0 Å². The molecule has 0 N–H and O–H groups in total. The Kier molecular flexibility index (Phi) is 10.2. The van der Waals surface area contributed by atoms with Crippen molar-refractivity contribution in [1.29, 1.82) is 0 Å². The molecule has 0 unspecified atom stereocenters. The normalized spacial score (nSPS) is 11.3. The smallest absolute Gasteiger partial charge is 0.0715 e. The van der Waals surface area contributed by atoms with Gasteiger partial charge in [-0.05, 0) is 140 Å². The largest absolute Gasteiger partial charge is 0.309 e. The molecule has 10 aromatic carbocycles. The van der Waals surface area contributed by atoms with Gasteiger partial charge in [0.05, 0.1) is 22.4 Å². The number of aromatic nitrogens is 2. The standard InChI is InChI=1S/C65H44N2/c1-5-17-45(18-6-1)52-37-53(46-19-7-2-8-20-46)39-55(38-52)56-40-54(41-57(42-56)58-43-62(50-21-9-3-10-22-50)66-63(44-58)51-23-11-4-12-24-51)49-31-29-47(30-32-49)48-33-35-59(36-34-48)67-64-27-15-13-25-60(64)61-26-14-16-28-65(61)67/h1-44H. The number of fused-ring (bicyclic) bond motifs is 3. The lowest BCUT2D eigenvalue weighted by molar-refractivity contribution is 1.18. The monoisotopic (exact) mass is 852 g/mol. The topological polar surface area (TPSA) is 17.8 Å². The quantitative estimate of drug-likeness (QED) is 0.141. The molecule has 0 saturated carbocycles. The molecule has 0 saturated heterocycles. The third-order valence-corrected chi connectivity index (χ3v) is 13.0. The second-order valence-electron chi connectivity index (χ2n) is 17.2. The lowest BCUT2D eigenvalue weighted by Crippen LogP contribution is -1.93. The van der Waals surface area contributed by atoms with Crippen molar-refractivity contribution in [1.82, 2.24) is 9.55 Å². The molecular formula is C65H44N2. The summed E-state index contributed by atoms with van der Waals surface area (Å²) in [5, 5.41) is 2.53. The van der Waals surface area contributed by atoms with Crippen LogP contribution in [0, 0.1) is 0 Å². The van der Waals surface area contributed by atoms with Gasteiger partial charge in [-0.1, -0.05) is 194 Å². The number of nitrogens with zero attached hydrogens (tertiary/aromatic N) is 2. The maximum atomic E-state index is 5.23. The predicted octanol–water partition coefficient (Wildman–Crippen LogP) is 17.5. The van der Waals surface area contributed by atoms with Crippen molar-refractivity contribution >= 4 is 21.8 Å². The first-order chi connectivity index (χ1) is 33.2. The van der Waals surface area contributed by atoms with Gasteiger partial charge in [-0.2, -0.15) is 0 Å². The minimum Gasteiger partial charge on any atom is -0.309 e. The van der Waals surface area contributed by atoms with E-state index in [1.165, 1.54) is 55.2 Å². The predicted molar refractivity (Wildman–Crippen MR) is 282 cm³/mol. The van der Waals surface area contributed by atoms with Crippen molar-refractivity contribution < 1.29 is 0 Å². The minimum absolute atomic E-state index is 0.940. The molecule has 0 atom stereocenters. The summed E-state index contributed by atoms with van der Waals surface area (Å²) in [6.45, 7) is 0. The first kappa shape index (κ1) is 39.7. The van der Waals surface area contributed by atoms with E-state index in [4.69, 9.17) is 4.98 Å². The highest BCUT2D eigenvalue weighted by molar-refractivity contribution is 6.09. The number of para-hydroxylation sites is 2. The van der Waals surface area contributed by atoms with E-state index in [9.17, 15) is 0 Å². The van der Waals surface area contributed by atoms with Crippen LogP contribution in [0.2, 0.25) is 0 Å². The van der Waals surface area contributed by atoms with Crippen LogP contribution in [-0.4, -0.2) is 9.55 Å². The Bertz CT molecular complexity index is 3370. The Hall–Kier alpha value is -8.85. The van der Waals surface area contributed by atoms with Crippen molar-refractivity contribution in [2.24, 2.45) is 0 Å². The molecule has 0 aliphatic rings. The van der Waals surface area contributed by atoms with Crippen LogP contribution < -0.4 is 0 Å². The molecule has 2 aromatic heterocycles. The Morgan fingerprint density at radius 3 is 0.866 bits per heavy atom. The van der Waals surface area contributed by atoms with Crippen LogP contribution in [0.15, 0.2) is 267 Å². The second-order valence-corrected chi connectivity index (χ2v) is 17.2. The number of hydrogen-bond acceptors (Lipinski definition) is 1. The third kappa shape index (κ3) is 7.81. The van der Waals surface area contributed by atoms with Crippen molar-refractivity contribution in [2.45, 2.75) is 0 Å². The van der Waals surface area contributed by atoms with E-state index in [0.717, 1.165) is 61.6 Å². The van der Waals surface area contributed by atoms with E-state index in [1.807, 2.05) is 0 Å². The van der Waals surface area contributed by atoms with E-state index >= 15 is 0 Å². The summed E-state index contributed by atoms with van der Waals surface area (Å²) in [4.78, 5) is 5.23. The van der Waals surface area contributed by atoms with Crippen LogP contribution in [0.1, 0.15) is 0 Å². The highest BCUT2D eigenvalue weighted by Crippen LogP contribution is 2.40. The Morgan fingerprint density at radius 2 is 0.478 bits per heavy atom. The molecule has 314 valence electrons. The molecule has 0 fully saturated rings. The SMILES string of the molecule is c1ccc(-c2cc(-c3ccccc3)cc(-c3cc(-c4ccc(-c5ccc(-n6c7ccccc7c7ccccc76)cc5)cc4)cc(-c4cc(-c5ccccc5)nc(-c5ccccc5)c4)c3)c2)cc1. The van der Waals surface area contributed by atoms with E-state index < -0.39 is 0 Å². The maximum absolute atomic E-state index is 5.23. The Labute approximate surface area is 391 Å². The fourth-order valence-corrected chi connectivity index (χ4v) is 9.59. The van der Waals surface area contributed by atoms with Crippen LogP contribution in [0.4, 0.5) is 0 Å². The van der Waals surface area contributed by atoms with Crippen LogP contribution in [-0.2, 0) is 0 Å². The molecule has 2 nitrogen and oxygen atoms in total. The molecule has 12 rings (SSSR count). The molecule has 2 heteroatoms. The van der Waals surface area contributed by atoms with E-state index in [2.05, 4.69) is 271 Å². The number of rotatable bonds is 9. The highest BCUT2D eigenvalue weighted by Gasteiger charge is 2.16. The maximum Gasteiger partial charge on any atom is 0.0715 e. The van der Waals surface area contributed by atoms with Gasteiger partial charge in [-0.3, -0.25) is 0 Å². The lowest BCUT2D eigenvalue weighted by atomic mass is 9.89. The fraction of sp³-hybridized carbons (Fsp3) is 0. The zero-order valence-corrected chi connectivity index (χ0v) is 36.8. The molecule has 0 bridgehead atoms. The average molecular weight is 853 g/mol. The number of pyridine rings is 1. The van der Waals surface area contributed by atoms with E-state index in [0.29, 0.717) is 0 Å². The van der Waals surface area contributed by atoms with Gasteiger partial charge >= 0.3 is 0 Å². The molecule has 2 heterocycles. The summed E-state index contributed by atoms with van der Waals surface area (Å²) < 4.78 is 2.37. The van der Waals surface area contributed by atoms with E-state index in [1.54, 1.807) is 0 Å². The zero-order valence-electron chi connectivity index (χ0n) is 36.8. The van der Waals surface area contributed by atoms with Crippen molar-refractivity contribution in [3.8, 4) is 95.0 Å². The van der Waals surface area contributed by atoms with Crippen LogP contribution >= 0.6 is 0 Å². The molecule has 0 aliphatic heterocycles. The van der Waals surface area contributed by atoms with Gasteiger partial charge in [0, 0.05) is 27.6 Å². The average Bonchev–Trinajstić information content (AvgIpc) is 3.76. The summed E-state index contributed by atoms with van der Waals surface area (Å²) in [6.07, 6.45) is 0. The molecule has 0 amide bonds. The van der Waals surface area contributed by atoms with Crippen LogP contribution in [0.5, 0.6) is 0 Å². The number of benzene rings is 10. The van der Waals surface area contributed by atoms with Gasteiger partial charge in [0.25, 0.3) is 0 Å². The summed E-state index contributed by atoms with van der Waals surface area (Å²) in [7, 11) is 0. The lowest BCUT2D eigenvalue weighted by Gasteiger charge is -2.16. The Morgan fingerprint density at radius 1 is 0.209 bits per heavy atom. The first-order valence-electron chi connectivity index (χ1n) is 22.9. The highest BCUT2D eigenvalue weighted by atomic mass is 15.0. The van der Waals surface area contributed by atoms with Gasteiger partial charge in [0.1, 0.15) is 0 Å². The second kappa shape index (κ2) is 17.3. The molecule has 0 aliphatic carbocycles. The molecule has 0 spiro atoms. The fourth-order valence-electron chi connectivity index (χ4n) is 9.59. The zero-order chi connectivity index (χ0) is 44.5. The summed E-state index contributed by atoms with van der Waals surface area (Å²) >= 11 is 0. The van der Waals surface area contributed by atoms with Gasteiger partial charge in [-0.25, -0.2) is 4.98 Å². The van der Waals surface area contributed by atoms with Gasteiger partial charge in [0.15, 0.2) is 0 Å². The summed E-state index contributed by atoms with van der Waals surface area (Å²) in [5.41, 5.74) is 21.5. The molecule has 12 aromatic rings. The van der Waals surface area contributed by atoms with Crippen molar-refractivity contribution in [2.75, 3.05) is 0 Å². The summed E-state index contributed by atoms with van der Waals surface area (Å²) in [6, 6.07) is 96.3. The molecule has 67 heavy (non-hydrogen) atoms. The summed E-state index contributed by atoms with van der Waals surface area (Å²) in [5.74, 6) is 0. The van der Waals surface area contributed by atoms with Crippen LogP contribution in [0.3, 0.4) is 0 Å². The molecule has 0 radical (unpaired) electrons. The number of hydrogen-bond donors (Lipinski definition) is 0.